The summed E-state index contributed by atoms with van der Waals surface area (Å²) in [5.41, 5.74) is 2.32. The molecule has 0 saturated carbocycles. The predicted molar refractivity (Wildman–Crippen MR) is 83.0 cm³/mol. The first kappa shape index (κ1) is 18.5. The van der Waals surface area contributed by atoms with Gasteiger partial charge in [0.25, 0.3) is 0 Å². The van der Waals surface area contributed by atoms with E-state index in [-0.39, 0.29) is 11.6 Å². The fourth-order valence-electron chi connectivity index (χ4n) is 1.89. The molecule has 3 nitrogen and oxygen atoms in total. The predicted octanol–water partition coefficient (Wildman–Crippen LogP) is 4.26. The Kier molecular flexibility index (Phi) is 7.97. The summed E-state index contributed by atoms with van der Waals surface area (Å²) in [6.07, 6.45) is 3.25. The molecule has 0 atom stereocenters. The number of phenols is 1. The van der Waals surface area contributed by atoms with Crippen molar-refractivity contribution in [3.63, 3.8) is 0 Å². The summed E-state index contributed by atoms with van der Waals surface area (Å²) >= 11 is 0. The quantitative estimate of drug-likeness (QED) is 0.842. The highest BCUT2D eigenvalue weighted by molar-refractivity contribution is 5.66. The minimum absolute atomic E-state index is 0.225. The van der Waals surface area contributed by atoms with Crippen molar-refractivity contribution in [1.29, 1.82) is 0 Å². The van der Waals surface area contributed by atoms with Gasteiger partial charge in [-0.25, -0.2) is 0 Å². The summed E-state index contributed by atoms with van der Waals surface area (Å²) in [6, 6.07) is 5.65. The van der Waals surface area contributed by atoms with Crippen molar-refractivity contribution >= 4 is 5.97 Å². The SMILES string of the molecule is CC(=O)OC(C)(C)C.CCCc1cc(O)ccc1CC. The largest absolute Gasteiger partial charge is 0.508 e. The molecule has 114 valence electrons. The number of esters is 1. The van der Waals surface area contributed by atoms with Crippen molar-refractivity contribution in [1.82, 2.24) is 0 Å². The van der Waals surface area contributed by atoms with Crippen LogP contribution in [0.4, 0.5) is 0 Å². The summed E-state index contributed by atoms with van der Waals surface area (Å²) in [7, 11) is 0. The normalized spacial score (nSPS) is 10.5. The van der Waals surface area contributed by atoms with Crippen LogP contribution >= 0.6 is 0 Å². The van der Waals surface area contributed by atoms with Crippen LogP contribution in [-0.2, 0) is 22.4 Å². The van der Waals surface area contributed by atoms with Crippen molar-refractivity contribution in [3.05, 3.63) is 29.3 Å². The van der Waals surface area contributed by atoms with Gasteiger partial charge in [0, 0.05) is 6.92 Å². The summed E-state index contributed by atoms with van der Waals surface area (Å²) in [6.45, 7) is 11.2. The summed E-state index contributed by atoms with van der Waals surface area (Å²) in [4.78, 5) is 10.2. The fraction of sp³-hybridized carbons (Fsp3) is 0.588. The molecule has 0 amide bonds. The number of aromatic hydroxyl groups is 1. The van der Waals surface area contributed by atoms with Gasteiger partial charge >= 0.3 is 5.97 Å². The molecule has 3 heteroatoms. The van der Waals surface area contributed by atoms with Gasteiger partial charge < -0.3 is 9.84 Å². The van der Waals surface area contributed by atoms with E-state index in [1.807, 2.05) is 32.9 Å². The average molecular weight is 280 g/mol. The maximum absolute atomic E-state index is 10.2. The Labute approximate surface area is 123 Å². The van der Waals surface area contributed by atoms with E-state index in [2.05, 4.69) is 13.8 Å². The van der Waals surface area contributed by atoms with E-state index in [0.717, 1.165) is 19.3 Å². The van der Waals surface area contributed by atoms with Crippen LogP contribution in [0.5, 0.6) is 5.75 Å². The Bertz CT molecular complexity index is 417. The summed E-state index contributed by atoms with van der Waals surface area (Å²) in [5.74, 6) is 0.160. The summed E-state index contributed by atoms with van der Waals surface area (Å²) in [5, 5.41) is 9.26. The van der Waals surface area contributed by atoms with Gasteiger partial charge in [0.15, 0.2) is 0 Å². The fourth-order valence-corrected chi connectivity index (χ4v) is 1.89. The first-order chi connectivity index (χ1) is 9.19. The van der Waals surface area contributed by atoms with E-state index in [1.165, 1.54) is 18.1 Å². The Morgan fingerprint density at radius 1 is 1.20 bits per heavy atom. The van der Waals surface area contributed by atoms with E-state index in [1.54, 1.807) is 6.07 Å². The second kappa shape index (κ2) is 8.62. The minimum Gasteiger partial charge on any atom is -0.508 e. The smallest absolute Gasteiger partial charge is 0.303 e. The molecule has 0 saturated heterocycles. The zero-order chi connectivity index (χ0) is 15.8. The van der Waals surface area contributed by atoms with Gasteiger partial charge in [-0.2, -0.15) is 0 Å². The van der Waals surface area contributed by atoms with Gasteiger partial charge in [-0.15, -0.1) is 0 Å². The third-order valence-corrected chi connectivity index (χ3v) is 2.54. The third kappa shape index (κ3) is 8.57. The molecule has 0 bridgehead atoms. The van der Waals surface area contributed by atoms with Crippen molar-refractivity contribution in [2.45, 2.75) is 66.4 Å². The van der Waals surface area contributed by atoms with Gasteiger partial charge in [0.05, 0.1) is 0 Å². The molecule has 0 aliphatic rings. The van der Waals surface area contributed by atoms with Crippen molar-refractivity contribution in [3.8, 4) is 5.75 Å². The lowest BCUT2D eigenvalue weighted by atomic mass is 10.0. The van der Waals surface area contributed by atoms with Crippen LogP contribution < -0.4 is 0 Å². The van der Waals surface area contributed by atoms with Crippen LogP contribution in [0, 0.1) is 0 Å². The highest BCUT2D eigenvalue weighted by atomic mass is 16.6. The Hall–Kier alpha value is -1.51. The lowest BCUT2D eigenvalue weighted by Gasteiger charge is -2.17. The van der Waals surface area contributed by atoms with Gasteiger partial charge in [-0.05, 0) is 56.9 Å². The monoisotopic (exact) mass is 280 g/mol. The highest BCUT2D eigenvalue weighted by Gasteiger charge is 2.11. The number of hydrogen-bond acceptors (Lipinski definition) is 3. The topological polar surface area (TPSA) is 46.5 Å². The van der Waals surface area contributed by atoms with Gasteiger partial charge in [0.2, 0.25) is 0 Å². The van der Waals surface area contributed by atoms with E-state index in [0.29, 0.717) is 5.75 Å². The molecular formula is C17H28O3. The number of carbonyl (C=O) groups excluding carboxylic acids is 1. The molecule has 0 spiro atoms. The molecule has 0 unspecified atom stereocenters. The minimum atomic E-state index is -0.328. The van der Waals surface area contributed by atoms with Crippen LogP contribution in [0.25, 0.3) is 0 Å². The first-order valence-corrected chi connectivity index (χ1v) is 7.20. The molecular weight excluding hydrogens is 252 g/mol. The molecule has 0 fully saturated rings. The molecule has 1 N–H and O–H groups in total. The second-order valence-electron chi connectivity index (χ2n) is 5.76. The number of aryl methyl sites for hydroxylation is 2. The van der Waals surface area contributed by atoms with E-state index in [4.69, 9.17) is 4.74 Å². The van der Waals surface area contributed by atoms with Crippen LogP contribution in [0.1, 0.15) is 59.1 Å². The van der Waals surface area contributed by atoms with Crippen LogP contribution in [0.2, 0.25) is 0 Å². The molecule has 0 aromatic heterocycles. The number of phenolic OH excluding ortho intramolecular Hbond substituents is 1. The highest BCUT2D eigenvalue weighted by Crippen LogP contribution is 2.18. The van der Waals surface area contributed by atoms with E-state index < -0.39 is 0 Å². The number of carbonyl (C=O) groups is 1. The van der Waals surface area contributed by atoms with Crippen LogP contribution in [-0.4, -0.2) is 16.7 Å². The molecule has 0 aliphatic carbocycles. The summed E-state index contributed by atoms with van der Waals surface area (Å²) < 4.78 is 4.80. The average Bonchev–Trinajstić information content (AvgIpc) is 2.27. The third-order valence-electron chi connectivity index (χ3n) is 2.54. The maximum Gasteiger partial charge on any atom is 0.303 e. The van der Waals surface area contributed by atoms with Crippen LogP contribution in [0.3, 0.4) is 0 Å². The maximum atomic E-state index is 10.2. The molecule has 1 rings (SSSR count). The zero-order valence-corrected chi connectivity index (χ0v) is 13.6. The lowest BCUT2D eigenvalue weighted by Crippen LogP contribution is -2.21. The van der Waals surface area contributed by atoms with E-state index in [9.17, 15) is 9.90 Å². The Morgan fingerprint density at radius 3 is 2.15 bits per heavy atom. The Balaban J connectivity index is 0.000000396. The number of hydrogen-bond donors (Lipinski definition) is 1. The molecule has 0 aliphatic heterocycles. The van der Waals surface area contributed by atoms with Crippen molar-refractivity contribution < 1.29 is 14.6 Å². The molecule has 0 heterocycles. The zero-order valence-electron chi connectivity index (χ0n) is 13.6. The first-order valence-electron chi connectivity index (χ1n) is 7.20. The Morgan fingerprint density at radius 2 is 1.80 bits per heavy atom. The molecule has 1 aromatic carbocycles. The number of ether oxygens (including phenoxy) is 1. The van der Waals surface area contributed by atoms with Gasteiger partial charge in [-0.1, -0.05) is 26.3 Å². The molecule has 1 aromatic rings. The molecule has 0 radical (unpaired) electrons. The van der Waals surface area contributed by atoms with Crippen molar-refractivity contribution in [2.75, 3.05) is 0 Å². The number of benzene rings is 1. The molecule has 20 heavy (non-hydrogen) atoms. The van der Waals surface area contributed by atoms with Gasteiger partial charge in [-0.3, -0.25) is 4.79 Å². The van der Waals surface area contributed by atoms with E-state index >= 15 is 0 Å². The standard InChI is InChI=1S/C11H16O.C6H12O2/c1-3-5-10-8-11(12)7-6-9(10)4-2;1-5(7)8-6(2,3)4/h6-8,12H,3-5H2,1-2H3;1-4H3. The van der Waals surface area contributed by atoms with Crippen molar-refractivity contribution in [2.24, 2.45) is 0 Å². The number of rotatable bonds is 3. The van der Waals surface area contributed by atoms with Gasteiger partial charge in [0.1, 0.15) is 11.4 Å². The second-order valence-corrected chi connectivity index (χ2v) is 5.76. The lowest BCUT2D eigenvalue weighted by molar-refractivity contribution is -0.151. The van der Waals surface area contributed by atoms with Crippen LogP contribution in [0.15, 0.2) is 18.2 Å².